The lowest BCUT2D eigenvalue weighted by atomic mass is 9.93. The number of hydrogen-bond donors (Lipinski definition) is 4. The number of carbonyl (C=O) groups is 1. The molecule has 0 saturated carbocycles. The molecule has 1 heterocycles. The van der Waals surface area contributed by atoms with E-state index in [0.29, 0.717) is 36.9 Å². The van der Waals surface area contributed by atoms with Gasteiger partial charge in [0.25, 0.3) is 0 Å². The van der Waals surface area contributed by atoms with Crippen molar-refractivity contribution in [1.29, 1.82) is 0 Å². The Hall–Kier alpha value is -1.19. The van der Waals surface area contributed by atoms with Crippen LogP contribution in [0.15, 0.2) is 21.2 Å². The number of esters is 1. The van der Waals surface area contributed by atoms with E-state index in [0.717, 1.165) is 0 Å². The van der Waals surface area contributed by atoms with Gasteiger partial charge in [-0.05, 0) is 61.0 Å². The SMILES string of the molecule is CCOC(=O)c1[nH]c(Br)c(-c2ccc(CO)c(CO)c2CO)c1Br. The van der Waals surface area contributed by atoms with E-state index in [1.807, 2.05) is 0 Å². The molecule has 0 aliphatic carbocycles. The fraction of sp³-hybridized carbons (Fsp3) is 0.312. The second-order valence-corrected chi connectivity index (χ2v) is 6.51. The lowest BCUT2D eigenvalue weighted by Gasteiger charge is -2.15. The highest BCUT2D eigenvalue weighted by Crippen LogP contribution is 2.41. The van der Waals surface area contributed by atoms with E-state index >= 15 is 0 Å². The number of rotatable bonds is 6. The number of aromatic amines is 1. The third-order valence-corrected chi connectivity index (χ3v) is 5.04. The Kier molecular flexibility index (Phi) is 6.59. The Morgan fingerprint density at radius 2 is 1.79 bits per heavy atom. The number of carbonyl (C=O) groups excluding carboxylic acids is 1. The molecular weight excluding hydrogens is 446 g/mol. The van der Waals surface area contributed by atoms with E-state index in [-0.39, 0.29) is 32.1 Å². The summed E-state index contributed by atoms with van der Waals surface area (Å²) in [4.78, 5) is 14.9. The summed E-state index contributed by atoms with van der Waals surface area (Å²) in [5.41, 5.74) is 3.00. The van der Waals surface area contributed by atoms with Crippen LogP contribution in [0.1, 0.15) is 34.1 Å². The Balaban J connectivity index is 2.67. The molecule has 4 N–H and O–H groups in total. The topological polar surface area (TPSA) is 103 Å². The summed E-state index contributed by atoms with van der Waals surface area (Å²) < 4.78 is 6.03. The van der Waals surface area contributed by atoms with Crippen LogP contribution < -0.4 is 0 Å². The summed E-state index contributed by atoms with van der Waals surface area (Å²) in [5, 5.41) is 28.8. The molecule has 1 aromatic heterocycles. The van der Waals surface area contributed by atoms with E-state index in [2.05, 4.69) is 36.8 Å². The van der Waals surface area contributed by atoms with Crippen molar-refractivity contribution in [3.05, 3.63) is 43.6 Å². The molecule has 0 spiro atoms. The van der Waals surface area contributed by atoms with Gasteiger partial charge in [-0.3, -0.25) is 0 Å². The number of ether oxygens (including phenoxy) is 1. The molecule has 1 aromatic carbocycles. The molecule has 0 aliphatic rings. The monoisotopic (exact) mass is 461 g/mol. The zero-order valence-corrected chi connectivity index (χ0v) is 16.1. The largest absolute Gasteiger partial charge is 0.461 e. The van der Waals surface area contributed by atoms with E-state index in [1.54, 1.807) is 19.1 Å². The third-order valence-electron chi connectivity index (χ3n) is 3.66. The average Bonchev–Trinajstić information content (AvgIpc) is 2.88. The van der Waals surface area contributed by atoms with E-state index < -0.39 is 5.97 Å². The first-order valence-electron chi connectivity index (χ1n) is 7.20. The van der Waals surface area contributed by atoms with Crippen LogP contribution in [0.25, 0.3) is 11.1 Å². The zero-order chi connectivity index (χ0) is 17.9. The molecule has 0 saturated heterocycles. The molecule has 2 rings (SSSR count). The van der Waals surface area contributed by atoms with Gasteiger partial charge < -0.3 is 25.0 Å². The van der Waals surface area contributed by atoms with E-state index in [1.165, 1.54) is 0 Å². The van der Waals surface area contributed by atoms with E-state index in [9.17, 15) is 20.1 Å². The van der Waals surface area contributed by atoms with Crippen molar-refractivity contribution in [3.8, 4) is 11.1 Å². The number of H-pyrrole nitrogens is 1. The van der Waals surface area contributed by atoms with Gasteiger partial charge in [-0.15, -0.1) is 0 Å². The molecular formula is C16H17Br2NO5. The van der Waals surface area contributed by atoms with Crippen LogP contribution in [0.3, 0.4) is 0 Å². The molecule has 6 nitrogen and oxygen atoms in total. The van der Waals surface area contributed by atoms with Crippen LogP contribution in [-0.2, 0) is 24.6 Å². The van der Waals surface area contributed by atoms with Crippen molar-refractivity contribution < 1.29 is 24.9 Å². The van der Waals surface area contributed by atoms with Gasteiger partial charge >= 0.3 is 5.97 Å². The molecule has 0 radical (unpaired) electrons. The van der Waals surface area contributed by atoms with Crippen LogP contribution in [0, 0.1) is 0 Å². The van der Waals surface area contributed by atoms with Crippen LogP contribution >= 0.6 is 31.9 Å². The molecule has 0 bridgehead atoms. The number of nitrogens with one attached hydrogen (secondary N) is 1. The Bertz CT molecular complexity index is 757. The molecule has 0 unspecified atom stereocenters. The third kappa shape index (κ3) is 3.43. The molecule has 0 atom stereocenters. The summed E-state index contributed by atoms with van der Waals surface area (Å²) in [5.74, 6) is -0.503. The minimum absolute atomic E-state index is 0.243. The van der Waals surface area contributed by atoms with Gasteiger partial charge in [-0.25, -0.2) is 4.79 Å². The number of benzene rings is 1. The van der Waals surface area contributed by atoms with Crippen molar-refractivity contribution in [2.24, 2.45) is 0 Å². The number of halogens is 2. The highest BCUT2D eigenvalue weighted by molar-refractivity contribution is 9.11. The van der Waals surface area contributed by atoms with Gasteiger partial charge in [0.2, 0.25) is 0 Å². The number of hydrogen-bond acceptors (Lipinski definition) is 5. The number of aliphatic hydroxyl groups excluding tert-OH is 3. The Morgan fingerprint density at radius 1 is 1.12 bits per heavy atom. The molecule has 0 aliphatic heterocycles. The molecule has 8 heteroatoms. The molecule has 0 amide bonds. The first kappa shape index (κ1) is 19.1. The van der Waals surface area contributed by atoms with Gasteiger partial charge in [-0.1, -0.05) is 12.1 Å². The quantitative estimate of drug-likeness (QED) is 0.494. The molecule has 24 heavy (non-hydrogen) atoms. The summed E-state index contributed by atoms with van der Waals surface area (Å²) in [7, 11) is 0. The number of aromatic nitrogens is 1. The number of aliphatic hydroxyl groups is 3. The summed E-state index contributed by atoms with van der Waals surface area (Å²) in [6, 6.07) is 3.40. The maximum Gasteiger partial charge on any atom is 0.355 e. The highest BCUT2D eigenvalue weighted by atomic mass is 79.9. The maximum atomic E-state index is 12.0. The molecule has 130 valence electrons. The summed E-state index contributed by atoms with van der Waals surface area (Å²) >= 11 is 6.78. The molecule has 0 fully saturated rings. The second kappa shape index (κ2) is 8.26. The van der Waals surface area contributed by atoms with Crippen molar-refractivity contribution in [3.63, 3.8) is 0 Å². The Labute approximate surface area is 155 Å². The minimum Gasteiger partial charge on any atom is -0.461 e. The van der Waals surface area contributed by atoms with Crippen molar-refractivity contribution >= 4 is 37.8 Å². The standard InChI is InChI=1S/C16H17Br2NO5/c1-2-24-16(23)14-13(17)12(15(18)19-14)9-4-3-8(5-20)10(6-21)11(9)7-22/h3-4,19-22H,2,5-7H2,1H3. The average molecular weight is 463 g/mol. The predicted octanol–water partition coefficient (Wildman–Crippen LogP) is 2.86. The highest BCUT2D eigenvalue weighted by Gasteiger charge is 2.24. The van der Waals surface area contributed by atoms with Gasteiger partial charge in [0, 0.05) is 5.56 Å². The van der Waals surface area contributed by atoms with Gasteiger partial charge in [0.15, 0.2) is 0 Å². The maximum absolute atomic E-state index is 12.0. The summed E-state index contributed by atoms with van der Waals surface area (Å²) in [6.07, 6.45) is 0. The van der Waals surface area contributed by atoms with Gasteiger partial charge in [-0.2, -0.15) is 0 Å². The van der Waals surface area contributed by atoms with Crippen LogP contribution in [0.2, 0.25) is 0 Å². The van der Waals surface area contributed by atoms with Gasteiger partial charge in [0.05, 0.1) is 35.5 Å². The fourth-order valence-electron chi connectivity index (χ4n) is 2.53. The van der Waals surface area contributed by atoms with Gasteiger partial charge in [0.1, 0.15) is 5.69 Å². The first-order valence-corrected chi connectivity index (χ1v) is 8.79. The fourth-order valence-corrected chi connectivity index (χ4v) is 4.08. The zero-order valence-electron chi connectivity index (χ0n) is 12.9. The van der Waals surface area contributed by atoms with Crippen molar-refractivity contribution in [2.45, 2.75) is 26.7 Å². The summed E-state index contributed by atoms with van der Waals surface area (Å²) in [6.45, 7) is 1.09. The lowest BCUT2D eigenvalue weighted by molar-refractivity contribution is 0.0519. The predicted molar refractivity (Wildman–Crippen MR) is 95.4 cm³/mol. The second-order valence-electron chi connectivity index (χ2n) is 4.93. The van der Waals surface area contributed by atoms with Crippen LogP contribution in [-0.4, -0.2) is 32.9 Å². The van der Waals surface area contributed by atoms with Crippen LogP contribution in [0.5, 0.6) is 0 Å². The minimum atomic E-state index is -0.503. The van der Waals surface area contributed by atoms with Crippen LogP contribution in [0.4, 0.5) is 0 Å². The van der Waals surface area contributed by atoms with E-state index in [4.69, 9.17) is 4.74 Å². The smallest absolute Gasteiger partial charge is 0.355 e. The Morgan fingerprint density at radius 3 is 2.33 bits per heavy atom. The lowest BCUT2D eigenvalue weighted by Crippen LogP contribution is -2.05. The normalized spacial score (nSPS) is 10.9. The van der Waals surface area contributed by atoms with Crippen molar-refractivity contribution in [2.75, 3.05) is 6.61 Å². The first-order chi connectivity index (χ1) is 11.5. The molecule has 2 aromatic rings. The van der Waals surface area contributed by atoms with Crippen molar-refractivity contribution in [1.82, 2.24) is 4.98 Å².